The molecule has 0 saturated heterocycles. The molecule has 134 valence electrons. The summed E-state index contributed by atoms with van der Waals surface area (Å²) in [6.07, 6.45) is 0. The van der Waals surface area contributed by atoms with E-state index in [1.54, 1.807) is 17.4 Å². The van der Waals surface area contributed by atoms with Gasteiger partial charge in [0.2, 0.25) is 10.0 Å². The summed E-state index contributed by atoms with van der Waals surface area (Å²) in [6.45, 7) is 13.0. The third kappa shape index (κ3) is 4.43. The zero-order valence-corrected chi connectivity index (χ0v) is 17.3. The number of rotatable bonds is 8. The Labute approximate surface area is 152 Å². The van der Waals surface area contributed by atoms with Crippen LogP contribution >= 0.6 is 22.7 Å². The molecule has 0 aliphatic carbocycles. The van der Waals surface area contributed by atoms with E-state index in [-0.39, 0.29) is 0 Å². The number of sulfonamides is 1. The summed E-state index contributed by atoms with van der Waals surface area (Å²) in [4.78, 5) is 9.97. The monoisotopic (exact) mass is 387 g/mol. The van der Waals surface area contributed by atoms with Gasteiger partial charge in [0.25, 0.3) is 0 Å². The topological polar surface area (TPSA) is 62.3 Å². The summed E-state index contributed by atoms with van der Waals surface area (Å²) < 4.78 is 27.9. The van der Waals surface area contributed by atoms with Gasteiger partial charge in [-0.05, 0) is 39.9 Å². The van der Waals surface area contributed by atoms with Crippen LogP contribution in [0.1, 0.15) is 29.3 Å². The largest absolute Gasteiger partial charge is 0.303 e. The fraction of sp³-hybridized carbons (Fsp3) is 0.562. The number of aromatic nitrogens is 1. The van der Waals surface area contributed by atoms with Gasteiger partial charge in [0, 0.05) is 22.8 Å². The van der Waals surface area contributed by atoms with Crippen LogP contribution in [0.2, 0.25) is 0 Å². The van der Waals surface area contributed by atoms with Crippen LogP contribution in [0, 0.1) is 20.8 Å². The number of thiazole rings is 1. The van der Waals surface area contributed by atoms with Crippen molar-refractivity contribution in [3.05, 3.63) is 21.5 Å². The SMILES string of the molecule is CCN(CC)CCNS(=O)(=O)c1cc(-c2nc(C)c(C)s2)sc1C. The summed E-state index contributed by atoms with van der Waals surface area (Å²) in [5, 5.41) is 0.891. The van der Waals surface area contributed by atoms with Crippen molar-refractivity contribution in [1.82, 2.24) is 14.6 Å². The van der Waals surface area contributed by atoms with E-state index in [4.69, 9.17) is 0 Å². The molecular formula is C16H25N3O2S3. The second-order valence-corrected chi connectivity index (χ2v) is 9.81. The second kappa shape index (κ2) is 8.05. The van der Waals surface area contributed by atoms with E-state index in [1.807, 2.05) is 20.8 Å². The molecule has 0 atom stereocenters. The lowest BCUT2D eigenvalue weighted by Crippen LogP contribution is -2.34. The molecular weight excluding hydrogens is 362 g/mol. The molecule has 2 rings (SSSR count). The van der Waals surface area contributed by atoms with E-state index in [2.05, 4.69) is 28.5 Å². The quantitative estimate of drug-likeness (QED) is 0.754. The van der Waals surface area contributed by atoms with Crippen LogP contribution in [0.5, 0.6) is 0 Å². The number of likely N-dealkylation sites (N-methyl/N-ethyl adjacent to an activating group) is 1. The third-order valence-corrected chi connectivity index (χ3v) is 8.02. The smallest absolute Gasteiger partial charge is 0.241 e. The molecule has 5 nitrogen and oxygen atoms in total. The fourth-order valence-corrected chi connectivity index (χ4v) is 5.94. The van der Waals surface area contributed by atoms with E-state index in [0.717, 1.165) is 38.4 Å². The Morgan fingerprint density at radius 1 is 1.12 bits per heavy atom. The number of hydrogen-bond acceptors (Lipinski definition) is 6. The van der Waals surface area contributed by atoms with Crippen molar-refractivity contribution in [3.63, 3.8) is 0 Å². The Bertz CT molecular complexity index is 770. The molecule has 2 aromatic heterocycles. The first-order valence-corrected chi connectivity index (χ1v) is 11.2. The Morgan fingerprint density at radius 3 is 2.33 bits per heavy atom. The lowest BCUT2D eigenvalue weighted by atomic mass is 10.4. The summed E-state index contributed by atoms with van der Waals surface area (Å²) in [6, 6.07) is 1.75. The van der Waals surface area contributed by atoms with Crippen LogP contribution in [-0.4, -0.2) is 44.5 Å². The molecule has 0 aromatic carbocycles. The molecule has 0 amide bonds. The fourth-order valence-electron chi connectivity index (χ4n) is 2.37. The standard InChI is InChI=1S/C16H25N3O2S3/c1-6-19(7-2)9-8-17-24(20,21)15-10-14(22-13(15)5)16-18-11(3)12(4)23-16/h10,17H,6-9H2,1-5H3. The van der Waals surface area contributed by atoms with Crippen molar-refractivity contribution >= 4 is 32.7 Å². The van der Waals surface area contributed by atoms with Gasteiger partial charge in [0.15, 0.2) is 0 Å². The summed E-state index contributed by atoms with van der Waals surface area (Å²) in [5.41, 5.74) is 1.00. The highest BCUT2D eigenvalue weighted by atomic mass is 32.2. The Morgan fingerprint density at radius 2 is 1.79 bits per heavy atom. The van der Waals surface area contributed by atoms with Crippen LogP contribution < -0.4 is 4.72 Å². The van der Waals surface area contributed by atoms with Crippen molar-refractivity contribution in [2.75, 3.05) is 26.2 Å². The second-order valence-electron chi connectivity index (χ2n) is 5.62. The maximum Gasteiger partial charge on any atom is 0.241 e. The molecule has 0 spiro atoms. The number of hydrogen-bond donors (Lipinski definition) is 1. The molecule has 0 radical (unpaired) electrons. The van der Waals surface area contributed by atoms with Gasteiger partial charge < -0.3 is 4.90 Å². The van der Waals surface area contributed by atoms with Gasteiger partial charge in [-0.25, -0.2) is 18.1 Å². The average Bonchev–Trinajstić information content (AvgIpc) is 3.07. The molecule has 0 fully saturated rings. The highest BCUT2D eigenvalue weighted by Crippen LogP contribution is 2.36. The van der Waals surface area contributed by atoms with E-state index in [0.29, 0.717) is 18.0 Å². The van der Waals surface area contributed by atoms with E-state index < -0.39 is 10.0 Å². The van der Waals surface area contributed by atoms with Crippen molar-refractivity contribution in [2.45, 2.75) is 39.5 Å². The number of nitrogens with one attached hydrogen (secondary N) is 1. The predicted molar refractivity (Wildman–Crippen MR) is 103 cm³/mol. The Hall–Kier alpha value is -0.800. The van der Waals surface area contributed by atoms with Gasteiger partial charge in [0.1, 0.15) is 5.01 Å². The minimum atomic E-state index is -3.48. The van der Waals surface area contributed by atoms with Gasteiger partial charge in [0.05, 0.1) is 15.5 Å². The van der Waals surface area contributed by atoms with Crippen molar-refractivity contribution in [3.8, 4) is 9.88 Å². The molecule has 0 unspecified atom stereocenters. The van der Waals surface area contributed by atoms with Gasteiger partial charge in [-0.1, -0.05) is 13.8 Å². The predicted octanol–water partition coefficient (Wildman–Crippen LogP) is 3.42. The average molecular weight is 388 g/mol. The molecule has 0 aliphatic heterocycles. The van der Waals surface area contributed by atoms with Crippen LogP contribution in [0.25, 0.3) is 9.88 Å². The highest BCUT2D eigenvalue weighted by Gasteiger charge is 2.21. The molecule has 1 N–H and O–H groups in total. The normalized spacial score (nSPS) is 12.2. The molecule has 2 heterocycles. The first-order chi connectivity index (χ1) is 11.3. The van der Waals surface area contributed by atoms with Crippen molar-refractivity contribution < 1.29 is 8.42 Å². The van der Waals surface area contributed by atoms with Crippen molar-refractivity contribution in [2.24, 2.45) is 0 Å². The minimum absolute atomic E-state index is 0.368. The van der Waals surface area contributed by atoms with E-state index in [9.17, 15) is 8.42 Å². The number of nitrogens with zero attached hydrogens (tertiary/aromatic N) is 2. The van der Waals surface area contributed by atoms with Crippen LogP contribution in [-0.2, 0) is 10.0 Å². The van der Waals surface area contributed by atoms with Crippen LogP contribution in [0.4, 0.5) is 0 Å². The lowest BCUT2D eigenvalue weighted by molar-refractivity contribution is 0.309. The van der Waals surface area contributed by atoms with Gasteiger partial charge in [-0.2, -0.15) is 0 Å². The zero-order chi connectivity index (χ0) is 17.9. The minimum Gasteiger partial charge on any atom is -0.303 e. The number of thiophene rings is 1. The van der Waals surface area contributed by atoms with Gasteiger partial charge >= 0.3 is 0 Å². The summed E-state index contributed by atoms with van der Waals surface area (Å²) >= 11 is 3.09. The molecule has 8 heteroatoms. The summed E-state index contributed by atoms with van der Waals surface area (Å²) in [7, 11) is -3.48. The Balaban J connectivity index is 2.16. The van der Waals surface area contributed by atoms with Crippen LogP contribution in [0.15, 0.2) is 11.0 Å². The van der Waals surface area contributed by atoms with Gasteiger partial charge in [-0.3, -0.25) is 0 Å². The third-order valence-electron chi connectivity index (χ3n) is 4.02. The van der Waals surface area contributed by atoms with E-state index in [1.165, 1.54) is 11.3 Å². The maximum atomic E-state index is 12.6. The Kier molecular flexibility index (Phi) is 6.55. The maximum absolute atomic E-state index is 12.6. The van der Waals surface area contributed by atoms with Gasteiger partial charge in [-0.15, -0.1) is 22.7 Å². The molecule has 2 aromatic rings. The molecule has 0 bridgehead atoms. The highest BCUT2D eigenvalue weighted by molar-refractivity contribution is 7.89. The van der Waals surface area contributed by atoms with E-state index >= 15 is 0 Å². The molecule has 0 aliphatic rings. The number of aryl methyl sites for hydroxylation is 3. The van der Waals surface area contributed by atoms with Crippen LogP contribution in [0.3, 0.4) is 0 Å². The molecule has 0 saturated carbocycles. The van der Waals surface area contributed by atoms with Crippen molar-refractivity contribution in [1.29, 1.82) is 0 Å². The zero-order valence-electron chi connectivity index (χ0n) is 14.8. The first-order valence-electron chi connectivity index (χ1n) is 8.05. The first kappa shape index (κ1) is 19.5. The lowest BCUT2D eigenvalue weighted by Gasteiger charge is -2.17. The summed E-state index contributed by atoms with van der Waals surface area (Å²) in [5.74, 6) is 0. The molecule has 24 heavy (non-hydrogen) atoms.